The summed E-state index contributed by atoms with van der Waals surface area (Å²) in [4.78, 5) is 0. The van der Waals surface area contributed by atoms with E-state index in [4.69, 9.17) is 0 Å². The Balaban J connectivity index is 1.89. The van der Waals surface area contributed by atoms with Crippen LogP contribution in [0.2, 0.25) is 0 Å². The number of rotatable bonds is 0. The van der Waals surface area contributed by atoms with E-state index in [1.807, 2.05) is 0 Å². The average molecular weight is 136 g/mol. The van der Waals surface area contributed by atoms with Crippen LogP contribution in [0.1, 0.15) is 44.9 Å². The van der Waals surface area contributed by atoms with Gasteiger partial charge in [-0.25, -0.2) is 0 Å². The molecule has 1 unspecified atom stereocenters. The highest BCUT2D eigenvalue weighted by Crippen LogP contribution is 2.67. The molecule has 10 heavy (non-hydrogen) atoms. The van der Waals surface area contributed by atoms with Crippen molar-refractivity contribution in [2.24, 2.45) is 17.3 Å². The van der Waals surface area contributed by atoms with E-state index in [-0.39, 0.29) is 0 Å². The lowest BCUT2D eigenvalue weighted by Gasteiger charge is -2.24. The first kappa shape index (κ1) is 5.62. The molecule has 0 aromatic rings. The summed E-state index contributed by atoms with van der Waals surface area (Å²) < 4.78 is 0. The highest BCUT2D eigenvalue weighted by atomic mass is 14.6. The summed E-state index contributed by atoms with van der Waals surface area (Å²) in [6, 6.07) is 0. The molecule has 1 spiro atoms. The van der Waals surface area contributed by atoms with E-state index in [1.165, 1.54) is 11.8 Å². The van der Waals surface area contributed by atoms with Gasteiger partial charge in [-0.05, 0) is 49.4 Å². The first-order chi connectivity index (χ1) is 4.91. The van der Waals surface area contributed by atoms with Gasteiger partial charge in [0, 0.05) is 0 Å². The van der Waals surface area contributed by atoms with Gasteiger partial charge in [0.2, 0.25) is 0 Å². The normalized spacial score (nSPS) is 48.0. The predicted octanol–water partition coefficient (Wildman–Crippen LogP) is 2.98. The van der Waals surface area contributed by atoms with Crippen molar-refractivity contribution in [3.8, 4) is 0 Å². The second-order valence-electron chi connectivity index (χ2n) is 4.71. The van der Waals surface area contributed by atoms with E-state index >= 15 is 0 Å². The topological polar surface area (TPSA) is 0 Å². The van der Waals surface area contributed by atoms with Gasteiger partial charge >= 0.3 is 0 Å². The summed E-state index contributed by atoms with van der Waals surface area (Å²) in [6.07, 6.45) is 11.1. The Hall–Kier alpha value is 0. The van der Waals surface area contributed by atoms with Gasteiger partial charge in [-0.1, -0.05) is 12.8 Å². The lowest BCUT2D eigenvalue weighted by atomic mass is 9.81. The van der Waals surface area contributed by atoms with Crippen molar-refractivity contribution in [2.75, 3.05) is 0 Å². The first-order valence-electron chi connectivity index (χ1n) is 4.91. The Morgan fingerprint density at radius 2 is 1.80 bits per heavy atom. The fraction of sp³-hybridized carbons (Fsp3) is 1.00. The molecule has 0 heterocycles. The second-order valence-corrected chi connectivity index (χ2v) is 4.71. The standard InChI is InChI=1S/C10H16/c1-2-5-10(4-1)6-3-8-7-9(8)10/h8-9H,1-7H2/t8?,9-/m1/s1. The minimum atomic E-state index is 0.921. The fourth-order valence-electron chi connectivity index (χ4n) is 3.67. The van der Waals surface area contributed by atoms with Crippen molar-refractivity contribution in [3.05, 3.63) is 0 Å². The molecular weight excluding hydrogens is 120 g/mol. The molecule has 0 saturated heterocycles. The van der Waals surface area contributed by atoms with Crippen LogP contribution in [0.15, 0.2) is 0 Å². The van der Waals surface area contributed by atoms with Crippen LogP contribution in [0.5, 0.6) is 0 Å². The van der Waals surface area contributed by atoms with Crippen LogP contribution in [0.25, 0.3) is 0 Å². The molecule has 0 aromatic heterocycles. The smallest absolute Gasteiger partial charge is 0.0266 e. The highest BCUT2D eigenvalue weighted by Gasteiger charge is 2.57. The third kappa shape index (κ3) is 0.538. The maximum absolute atomic E-state index is 1.61. The molecule has 3 fully saturated rings. The second kappa shape index (κ2) is 1.60. The van der Waals surface area contributed by atoms with Crippen LogP contribution in [-0.4, -0.2) is 0 Å². The molecule has 0 nitrogen and oxygen atoms in total. The number of hydrogen-bond donors (Lipinski definition) is 0. The molecule has 0 heteroatoms. The summed E-state index contributed by atoms with van der Waals surface area (Å²) in [5, 5.41) is 0. The Morgan fingerprint density at radius 3 is 2.30 bits per heavy atom. The summed E-state index contributed by atoms with van der Waals surface area (Å²) in [5.41, 5.74) is 0.921. The van der Waals surface area contributed by atoms with Crippen molar-refractivity contribution < 1.29 is 0 Å². The Morgan fingerprint density at radius 1 is 1.00 bits per heavy atom. The molecule has 3 saturated carbocycles. The van der Waals surface area contributed by atoms with Crippen molar-refractivity contribution in [1.82, 2.24) is 0 Å². The summed E-state index contributed by atoms with van der Waals surface area (Å²) in [6.45, 7) is 0. The molecule has 3 aliphatic rings. The molecule has 0 N–H and O–H groups in total. The summed E-state index contributed by atoms with van der Waals surface area (Å²) >= 11 is 0. The van der Waals surface area contributed by atoms with E-state index in [9.17, 15) is 0 Å². The van der Waals surface area contributed by atoms with Crippen LogP contribution >= 0.6 is 0 Å². The highest BCUT2D eigenvalue weighted by molar-refractivity contribution is 5.07. The van der Waals surface area contributed by atoms with Crippen LogP contribution in [0.4, 0.5) is 0 Å². The summed E-state index contributed by atoms with van der Waals surface area (Å²) in [5.74, 6) is 2.42. The van der Waals surface area contributed by atoms with Gasteiger partial charge in [0.15, 0.2) is 0 Å². The van der Waals surface area contributed by atoms with Crippen LogP contribution in [0, 0.1) is 17.3 Å². The third-order valence-corrected chi connectivity index (χ3v) is 4.32. The van der Waals surface area contributed by atoms with Crippen molar-refractivity contribution in [2.45, 2.75) is 44.9 Å². The van der Waals surface area contributed by atoms with Crippen LogP contribution in [0.3, 0.4) is 0 Å². The van der Waals surface area contributed by atoms with Crippen molar-refractivity contribution in [1.29, 1.82) is 0 Å². The molecule has 0 amide bonds. The lowest BCUT2D eigenvalue weighted by molar-refractivity contribution is 0.261. The van der Waals surface area contributed by atoms with Gasteiger partial charge in [0.1, 0.15) is 0 Å². The van der Waals surface area contributed by atoms with E-state index in [0.717, 1.165) is 5.41 Å². The Bertz CT molecular complexity index is 148. The zero-order chi connectivity index (χ0) is 6.60. The lowest BCUT2D eigenvalue weighted by Crippen LogP contribution is -2.14. The molecule has 3 rings (SSSR count). The third-order valence-electron chi connectivity index (χ3n) is 4.32. The Labute approximate surface area is 63.0 Å². The molecule has 0 aromatic carbocycles. The minimum Gasteiger partial charge on any atom is -0.0527 e. The van der Waals surface area contributed by atoms with Crippen LogP contribution < -0.4 is 0 Å². The first-order valence-corrected chi connectivity index (χ1v) is 4.91. The average Bonchev–Trinajstić information content (AvgIpc) is 2.49. The molecule has 56 valence electrons. The van der Waals surface area contributed by atoms with Crippen molar-refractivity contribution >= 4 is 0 Å². The fourth-order valence-corrected chi connectivity index (χ4v) is 3.67. The number of fused-ring (bicyclic) bond motifs is 2. The van der Waals surface area contributed by atoms with Gasteiger partial charge in [0.05, 0.1) is 0 Å². The van der Waals surface area contributed by atoms with E-state index in [0.29, 0.717) is 0 Å². The molecule has 2 atom stereocenters. The van der Waals surface area contributed by atoms with Crippen molar-refractivity contribution in [3.63, 3.8) is 0 Å². The zero-order valence-corrected chi connectivity index (χ0v) is 6.60. The van der Waals surface area contributed by atoms with E-state index in [1.54, 1.807) is 44.9 Å². The van der Waals surface area contributed by atoms with Gasteiger partial charge in [0.25, 0.3) is 0 Å². The molecule has 0 bridgehead atoms. The minimum absolute atomic E-state index is 0.921. The number of hydrogen-bond acceptors (Lipinski definition) is 0. The SMILES string of the molecule is C1CCC2(C1)CCC1C[C@H]12. The maximum atomic E-state index is 1.61. The monoisotopic (exact) mass is 136 g/mol. The largest absolute Gasteiger partial charge is 0.0527 e. The van der Waals surface area contributed by atoms with Gasteiger partial charge in [-0.15, -0.1) is 0 Å². The molecule has 0 radical (unpaired) electrons. The molecular formula is C10H16. The molecule has 0 aliphatic heterocycles. The zero-order valence-electron chi connectivity index (χ0n) is 6.60. The molecule has 3 aliphatic carbocycles. The Kier molecular flexibility index (Phi) is 0.898. The van der Waals surface area contributed by atoms with Gasteiger partial charge in [-0.2, -0.15) is 0 Å². The van der Waals surface area contributed by atoms with Gasteiger partial charge < -0.3 is 0 Å². The maximum Gasteiger partial charge on any atom is -0.0266 e. The quantitative estimate of drug-likeness (QED) is 0.480. The van der Waals surface area contributed by atoms with E-state index in [2.05, 4.69) is 0 Å². The predicted molar refractivity (Wildman–Crippen MR) is 41.7 cm³/mol. The summed E-state index contributed by atoms with van der Waals surface area (Å²) in [7, 11) is 0. The van der Waals surface area contributed by atoms with Crippen LogP contribution in [-0.2, 0) is 0 Å². The van der Waals surface area contributed by atoms with E-state index < -0.39 is 0 Å². The van der Waals surface area contributed by atoms with Gasteiger partial charge in [-0.3, -0.25) is 0 Å².